The van der Waals surface area contributed by atoms with E-state index in [4.69, 9.17) is 10.5 Å². The zero-order valence-electron chi connectivity index (χ0n) is 12.3. The van der Waals surface area contributed by atoms with Gasteiger partial charge >= 0.3 is 6.09 Å². The van der Waals surface area contributed by atoms with Gasteiger partial charge in [0.05, 0.1) is 6.54 Å². The van der Waals surface area contributed by atoms with Crippen molar-refractivity contribution >= 4 is 11.9 Å². The van der Waals surface area contributed by atoms with Crippen LogP contribution in [0.25, 0.3) is 0 Å². The second kappa shape index (κ2) is 6.34. The standard InChI is InChI=1S/C13H25N3O3/c1-13(2,3)19-12(18)16-6-5-15(4)10(9-16)7-11(17)8-14/h10H,5-9,14H2,1-4H3. The van der Waals surface area contributed by atoms with E-state index in [-0.39, 0.29) is 24.5 Å². The molecule has 1 rings (SSSR count). The van der Waals surface area contributed by atoms with Gasteiger partial charge in [0, 0.05) is 32.1 Å². The quantitative estimate of drug-likeness (QED) is 0.807. The maximum Gasteiger partial charge on any atom is 0.410 e. The predicted molar refractivity (Wildman–Crippen MR) is 72.9 cm³/mol. The summed E-state index contributed by atoms with van der Waals surface area (Å²) in [6, 6.07) is 0.0253. The molecule has 2 N–H and O–H groups in total. The van der Waals surface area contributed by atoms with Crippen LogP contribution in [0.15, 0.2) is 0 Å². The van der Waals surface area contributed by atoms with Crippen molar-refractivity contribution in [1.29, 1.82) is 0 Å². The summed E-state index contributed by atoms with van der Waals surface area (Å²) in [4.78, 5) is 27.2. The molecule has 0 radical (unpaired) electrons. The molecule has 0 aromatic rings. The van der Waals surface area contributed by atoms with Crippen LogP contribution < -0.4 is 5.73 Å². The first-order valence-electron chi connectivity index (χ1n) is 6.63. The van der Waals surface area contributed by atoms with E-state index in [9.17, 15) is 9.59 Å². The number of carbonyl (C=O) groups excluding carboxylic acids is 2. The van der Waals surface area contributed by atoms with Gasteiger partial charge in [0.1, 0.15) is 11.4 Å². The zero-order chi connectivity index (χ0) is 14.6. The average molecular weight is 271 g/mol. The predicted octanol–water partition coefficient (Wildman–Crippen LogP) is 0.455. The molecular formula is C13H25N3O3. The van der Waals surface area contributed by atoms with Crippen molar-refractivity contribution in [3.8, 4) is 0 Å². The average Bonchev–Trinajstić information content (AvgIpc) is 2.29. The van der Waals surface area contributed by atoms with Crippen molar-refractivity contribution in [2.75, 3.05) is 33.2 Å². The lowest BCUT2D eigenvalue weighted by molar-refractivity contribution is -0.119. The molecule has 1 heterocycles. The molecule has 1 fully saturated rings. The van der Waals surface area contributed by atoms with Crippen LogP contribution in [0.3, 0.4) is 0 Å². The van der Waals surface area contributed by atoms with Gasteiger partial charge in [-0.3, -0.25) is 9.69 Å². The van der Waals surface area contributed by atoms with Crippen LogP contribution in [0, 0.1) is 0 Å². The van der Waals surface area contributed by atoms with Crippen molar-refractivity contribution in [2.24, 2.45) is 5.73 Å². The molecule has 1 aliphatic rings. The number of ether oxygens (including phenoxy) is 1. The van der Waals surface area contributed by atoms with Gasteiger partial charge in [-0.1, -0.05) is 0 Å². The summed E-state index contributed by atoms with van der Waals surface area (Å²) in [5.41, 5.74) is 4.84. The lowest BCUT2D eigenvalue weighted by atomic mass is 10.1. The van der Waals surface area contributed by atoms with Crippen LogP contribution in [0.4, 0.5) is 4.79 Å². The highest BCUT2D eigenvalue weighted by Crippen LogP contribution is 2.15. The van der Waals surface area contributed by atoms with E-state index in [1.54, 1.807) is 4.90 Å². The number of amides is 1. The maximum absolute atomic E-state index is 12.0. The third-order valence-electron chi connectivity index (χ3n) is 3.12. The first-order chi connectivity index (χ1) is 8.73. The number of carbonyl (C=O) groups is 2. The third kappa shape index (κ3) is 5.16. The summed E-state index contributed by atoms with van der Waals surface area (Å²) in [5, 5.41) is 0. The Morgan fingerprint density at radius 1 is 1.32 bits per heavy atom. The number of ketones is 1. The summed E-state index contributed by atoms with van der Waals surface area (Å²) in [7, 11) is 1.96. The van der Waals surface area contributed by atoms with Crippen LogP contribution in [0.1, 0.15) is 27.2 Å². The molecule has 1 amide bonds. The molecule has 1 saturated heterocycles. The van der Waals surface area contributed by atoms with E-state index in [1.807, 2.05) is 27.8 Å². The second-order valence-corrected chi connectivity index (χ2v) is 6.01. The summed E-state index contributed by atoms with van der Waals surface area (Å²) in [6.45, 7) is 7.46. The first-order valence-corrected chi connectivity index (χ1v) is 6.63. The van der Waals surface area contributed by atoms with E-state index in [0.29, 0.717) is 19.5 Å². The molecule has 110 valence electrons. The molecule has 19 heavy (non-hydrogen) atoms. The Morgan fingerprint density at radius 3 is 2.47 bits per heavy atom. The number of rotatable bonds is 3. The van der Waals surface area contributed by atoms with Gasteiger partial charge in [-0.05, 0) is 27.8 Å². The van der Waals surface area contributed by atoms with Gasteiger partial charge in [0.2, 0.25) is 0 Å². The summed E-state index contributed by atoms with van der Waals surface area (Å²) in [6.07, 6.45) is 0.0672. The number of likely N-dealkylation sites (N-methyl/N-ethyl adjacent to an activating group) is 1. The van der Waals surface area contributed by atoms with Gasteiger partial charge in [-0.15, -0.1) is 0 Å². The molecule has 1 atom stereocenters. The number of hydrogen-bond acceptors (Lipinski definition) is 5. The lowest BCUT2D eigenvalue weighted by Crippen LogP contribution is -2.54. The molecule has 0 saturated carbocycles. The van der Waals surface area contributed by atoms with Crippen LogP contribution in [0.2, 0.25) is 0 Å². The summed E-state index contributed by atoms with van der Waals surface area (Å²) < 4.78 is 5.35. The van der Waals surface area contributed by atoms with Crippen LogP contribution >= 0.6 is 0 Å². The summed E-state index contributed by atoms with van der Waals surface area (Å²) in [5.74, 6) is 0.0166. The molecule has 1 unspecified atom stereocenters. The SMILES string of the molecule is CN1CCN(C(=O)OC(C)(C)C)CC1CC(=O)CN. The Labute approximate surface area is 114 Å². The Morgan fingerprint density at radius 2 is 1.95 bits per heavy atom. The molecule has 1 aliphatic heterocycles. The van der Waals surface area contributed by atoms with Crippen molar-refractivity contribution < 1.29 is 14.3 Å². The fourth-order valence-corrected chi connectivity index (χ4v) is 2.00. The highest BCUT2D eigenvalue weighted by atomic mass is 16.6. The second-order valence-electron chi connectivity index (χ2n) is 6.01. The largest absolute Gasteiger partial charge is 0.444 e. The number of Topliss-reactive ketones (excluding diaryl/α,β-unsaturated/α-hetero) is 1. The smallest absolute Gasteiger partial charge is 0.410 e. The minimum Gasteiger partial charge on any atom is -0.444 e. The molecule has 6 heteroatoms. The first kappa shape index (κ1) is 15.9. The zero-order valence-corrected chi connectivity index (χ0v) is 12.3. The van der Waals surface area contributed by atoms with E-state index in [0.717, 1.165) is 6.54 Å². The van der Waals surface area contributed by atoms with E-state index in [2.05, 4.69) is 4.90 Å². The molecule has 6 nitrogen and oxygen atoms in total. The highest BCUT2D eigenvalue weighted by Gasteiger charge is 2.31. The normalized spacial score (nSPS) is 21.3. The number of nitrogens with zero attached hydrogens (tertiary/aromatic N) is 2. The molecule has 0 spiro atoms. The van der Waals surface area contributed by atoms with E-state index < -0.39 is 5.60 Å². The monoisotopic (exact) mass is 271 g/mol. The van der Waals surface area contributed by atoms with Crippen LogP contribution in [-0.2, 0) is 9.53 Å². The van der Waals surface area contributed by atoms with E-state index >= 15 is 0 Å². The minimum absolute atomic E-state index is 0.0166. The molecule has 0 bridgehead atoms. The maximum atomic E-state index is 12.0. The Kier molecular flexibility index (Phi) is 5.31. The topological polar surface area (TPSA) is 75.9 Å². The van der Waals surface area contributed by atoms with Gasteiger partial charge in [-0.2, -0.15) is 0 Å². The van der Waals surface area contributed by atoms with Crippen LogP contribution in [0.5, 0.6) is 0 Å². The fourth-order valence-electron chi connectivity index (χ4n) is 2.00. The highest BCUT2D eigenvalue weighted by molar-refractivity contribution is 5.81. The van der Waals surface area contributed by atoms with Crippen LogP contribution in [-0.4, -0.2) is 66.5 Å². The fraction of sp³-hybridized carbons (Fsp3) is 0.846. The Bertz CT molecular complexity index is 339. The van der Waals surface area contributed by atoms with Crippen molar-refractivity contribution in [3.05, 3.63) is 0 Å². The van der Waals surface area contributed by atoms with Gasteiger partial charge in [0.15, 0.2) is 0 Å². The number of nitrogens with two attached hydrogens (primary N) is 1. The molecule has 0 aromatic carbocycles. The molecule has 0 aromatic heterocycles. The lowest BCUT2D eigenvalue weighted by Gasteiger charge is -2.39. The van der Waals surface area contributed by atoms with Crippen molar-refractivity contribution in [1.82, 2.24) is 9.80 Å². The van der Waals surface area contributed by atoms with Crippen molar-refractivity contribution in [3.63, 3.8) is 0 Å². The van der Waals surface area contributed by atoms with Crippen molar-refractivity contribution in [2.45, 2.75) is 38.8 Å². The number of hydrogen-bond donors (Lipinski definition) is 1. The third-order valence-corrected chi connectivity index (χ3v) is 3.12. The summed E-state index contributed by atoms with van der Waals surface area (Å²) >= 11 is 0. The molecular weight excluding hydrogens is 246 g/mol. The van der Waals surface area contributed by atoms with Gasteiger partial charge in [0.25, 0.3) is 0 Å². The number of piperazine rings is 1. The molecule has 0 aliphatic carbocycles. The Balaban J connectivity index is 2.58. The van der Waals surface area contributed by atoms with Gasteiger partial charge in [-0.25, -0.2) is 4.79 Å². The Hall–Kier alpha value is -1.14. The van der Waals surface area contributed by atoms with E-state index in [1.165, 1.54) is 0 Å². The minimum atomic E-state index is -0.497. The van der Waals surface area contributed by atoms with Gasteiger partial charge < -0.3 is 15.4 Å².